The highest BCUT2D eigenvalue weighted by Gasteiger charge is 2.10. The van der Waals surface area contributed by atoms with Crippen LogP contribution in [0.2, 0.25) is 5.15 Å². The summed E-state index contributed by atoms with van der Waals surface area (Å²) in [5, 5.41) is -0.367. The van der Waals surface area contributed by atoms with E-state index in [2.05, 4.69) is 15.5 Å². The summed E-state index contributed by atoms with van der Waals surface area (Å²) >= 11 is 5.28. The Kier molecular flexibility index (Phi) is 2.44. The minimum absolute atomic E-state index is 0.331. The lowest BCUT2D eigenvalue weighted by molar-refractivity contribution is 0.208. The maximum Gasteiger partial charge on any atom is 0.410 e. The molecule has 0 saturated heterocycles. The minimum Gasteiger partial charge on any atom is -0.407 e. The van der Waals surface area contributed by atoms with Gasteiger partial charge in [-0.25, -0.2) is 9.78 Å². The van der Waals surface area contributed by atoms with Gasteiger partial charge in [-0.05, 0) is 0 Å². The van der Waals surface area contributed by atoms with Gasteiger partial charge >= 0.3 is 6.09 Å². The van der Waals surface area contributed by atoms with Gasteiger partial charge in [-0.3, -0.25) is 0 Å². The van der Waals surface area contributed by atoms with E-state index in [4.69, 9.17) is 11.6 Å². The average Bonchev–Trinajstić information content (AvgIpc) is 1.98. The highest BCUT2D eigenvalue weighted by atomic mass is 35.5. The van der Waals surface area contributed by atoms with Crippen molar-refractivity contribution in [1.82, 2.24) is 4.98 Å². The van der Waals surface area contributed by atoms with Gasteiger partial charge in [0.25, 0.3) is 0 Å². The molecule has 1 amide bonds. The highest BCUT2D eigenvalue weighted by Crippen LogP contribution is 2.21. The van der Waals surface area contributed by atoms with Gasteiger partial charge in [0.1, 0.15) is 0 Å². The number of pyridine rings is 1. The number of nitrogens with two attached hydrogens (primary N) is 1. The van der Waals surface area contributed by atoms with Gasteiger partial charge in [-0.2, -0.15) is 4.39 Å². The van der Waals surface area contributed by atoms with Crippen LogP contribution in [0, 0.1) is 5.82 Å². The number of carbonyl (C=O) groups excluding carboxylic acids is 1. The first-order chi connectivity index (χ1) is 5.61. The summed E-state index contributed by atoms with van der Waals surface area (Å²) in [5.74, 6) is -1.24. The van der Waals surface area contributed by atoms with Crippen molar-refractivity contribution in [3.05, 3.63) is 23.2 Å². The molecule has 0 spiro atoms. The first-order valence-electron chi connectivity index (χ1n) is 2.88. The number of nitrogens with zero attached hydrogens (tertiary/aromatic N) is 1. The fourth-order valence-electron chi connectivity index (χ4n) is 0.589. The van der Waals surface area contributed by atoms with E-state index >= 15 is 0 Å². The zero-order valence-corrected chi connectivity index (χ0v) is 6.51. The van der Waals surface area contributed by atoms with Crippen molar-refractivity contribution in [2.24, 2.45) is 5.73 Å². The van der Waals surface area contributed by atoms with Gasteiger partial charge in [-0.1, -0.05) is 11.6 Å². The second-order valence-electron chi connectivity index (χ2n) is 1.83. The van der Waals surface area contributed by atoms with Crippen LogP contribution in [0.5, 0.6) is 5.75 Å². The minimum atomic E-state index is -1.10. The van der Waals surface area contributed by atoms with E-state index in [-0.39, 0.29) is 10.9 Å². The van der Waals surface area contributed by atoms with E-state index in [1.165, 1.54) is 6.20 Å². The van der Waals surface area contributed by atoms with Gasteiger partial charge in [0.15, 0.2) is 10.9 Å². The first kappa shape index (κ1) is 8.73. The number of halogens is 2. The summed E-state index contributed by atoms with van der Waals surface area (Å²) in [6.45, 7) is 0. The molecule has 1 aromatic heterocycles. The van der Waals surface area contributed by atoms with E-state index in [1.807, 2.05) is 0 Å². The summed E-state index contributed by atoms with van der Waals surface area (Å²) in [7, 11) is 0. The molecule has 2 N–H and O–H groups in total. The predicted molar refractivity (Wildman–Crippen MR) is 39.4 cm³/mol. The Labute approximate surface area is 72.1 Å². The zero-order chi connectivity index (χ0) is 9.14. The summed E-state index contributed by atoms with van der Waals surface area (Å²) in [5.41, 5.74) is 4.65. The lowest BCUT2D eigenvalue weighted by Crippen LogP contribution is -2.17. The largest absolute Gasteiger partial charge is 0.410 e. The molecule has 1 aromatic rings. The fourth-order valence-corrected chi connectivity index (χ4v) is 0.739. The third kappa shape index (κ3) is 1.82. The molecule has 0 aliphatic carbocycles. The molecule has 0 aliphatic rings. The van der Waals surface area contributed by atoms with Crippen molar-refractivity contribution in [3.8, 4) is 5.75 Å². The smallest absolute Gasteiger partial charge is 0.407 e. The van der Waals surface area contributed by atoms with Crippen LogP contribution in [0.25, 0.3) is 0 Å². The van der Waals surface area contributed by atoms with Gasteiger partial charge in [-0.15, -0.1) is 0 Å². The number of hydrogen-bond acceptors (Lipinski definition) is 3. The van der Waals surface area contributed by atoms with Crippen LogP contribution in [0.15, 0.2) is 12.3 Å². The number of aromatic nitrogens is 1. The number of ether oxygens (including phenoxy) is 1. The van der Waals surface area contributed by atoms with Crippen molar-refractivity contribution in [3.63, 3.8) is 0 Å². The molecule has 1 heterocycles. The molecule has 0 aromatic carbocycles. The molecule has 0 saturated carbocycles. The maximum absolute atomic E-state index is 12.8. The summed E-state index contributed by atoms with van der Waals surface area (Å²) < 4.78 is 17.1. The monoisotopic (exact) mass is 190 g/mol. The molecule has 0 radical (unpaired) electrons. The van der Waals surface area contributed by atoms with Crippen LogP contribution in [-0.2, 0) is 0 Å². The van der Waals surface area contributed by atoms with Crippen molar-refractivity contribution >= 4 is 17.7 Å². The lowest BCUT2D eigenvalue weighted by atomic mass is 10.4. The van der Waals surface area contributed by atoms with Gasteiger partial charge < -0.3 is 10.5 Å². The van der Waals surface area contributed by atoms with Crippen LogP contribution >= 0.6 is 11.6 Å². The van der Waals surface area contributed by atoms with Crippen molar-refractivity contribution in [2.75, 3.05) is 0 Å². The summed E-state index contributed by atoms with van der Waals surface area (Å²) in [6.07, 6.45) is 0.0973. The molecule has 1 rings (SSSR count). The van der Waals surface area contributed by atoms with Gasteiger partial charge in [0, 0.05) is 12.3 Å². The van der Waals surface area contributed by atoms with Crippen LogP contribution in [0.4, 0.5) is 9.18 Å². The predicted octanol–water partition coefficient (Wildman–Crippen LogP) is 1.33. The molecule has 6 heteroatoms. The number of carbonyl (C=O) groups is 1. The molecule has 0 aliphatic heterocycles. The normalized spacial score (nSPS) is 9.50. The number of primary amides is 1. The van der Waals surface area contributed by atoms with Gasteiger partial charge in [0.05, 0.1) is 0 Å². The Balaban J connectivity index is 3.00. The quantitative estimate of drug-likeness (QED) is 0.680. The molecule has 0 fully saturated rings. The van der Waals surface area contributed by atoms with E-state index in [0.717, 1.165) is 6.07 Å². The SMILES string of the molecule is NC(=O)Oc1ccnc(Cl)c1F. The molecule has 64 valence electrons. The summed E-state index contributed by atoms with van der Waals surface area (Å²) in [4.78, 5) is 13.6. The first-order valence-corrected chi connectivity index (χ1v) is 3.26. The van der Waals surface area contributed by atoms with E-state index in [1.54, 1.807) is 0 Å². The lowest BCUT2D eigenvalue weighted by Gasteiger charge is -2.01. The second kappa shape index (κ2) is 3.36. The van der Waals surface area contributed by atoms with Crippen LogP contribution < -0.4 is 10.5 Å². The standard InChI is InChI=1S/C6H4ClFN2O2/c7-5-4(8)3(1-2-10-5)12-6(9)11/h1-2H,(H2,9,11). The Morgan fingerprint density at radius 3 is 3.00 bits per heavy atom. The third-order valence-electron chi connectivity index (χ3n) is 1.02. The third-order valence-corrected chi connectivity index (χ3v) is 1.29. The van der Waals surface area contributed by atoms with Crippen molar-refractivity contribution in [1.29, 1.82) is 0 Å². The highest BCUT2D eigenvalue weighted by molar-refractivity contribution is 6.29. The molecule has 12 heavy (non-hydrogen) atoms. The maximum atomic E-state index is 12.8. The van der Waals surface area contributed by atoms with Crippen LogP contribution in [0.3, 0.4) is 0 Å². The molecular weight excluding hydrogens is 187 g/mol. The number of amides is 1. The molecule has 0 unspecified atom stereocenters. The Bertz CT molecular complexity index is 318. The Morgan fingerprint density at radius 1 is 1.75 bits per heavy atom. The molecular formula is C6H4ClFN2O2. The van der Waals surface area contributed by atoms with Gasteiger partial charge in [0.2, 0.25) is 5.82 Å². The van der Waals surface area contributed by atoms with E-state index < -0.39 is 11.9 Å². The molecule has 0 bridgehead atoms. The van der Waals surface area contributed by atoms with Crippen LogP contribution in [0.1, 0.15) is 0 Å². The second-order valence-corrected chi connectivity index (χ2v) is 2.19. The van der Waals surface area contributed by atoms with Crippen LogP contribution in [-0.4, -0.2) is 11.1 Å². The topological polar surface area (TPSA) is 65.2 Å². The summed E-state index contributed by atoms with van der Waals surface area (Å²) in [6, 6.07) is 1.14. The van der Waals surface area contributed by atoms with Crippen molar-refractivity contribution < 1.29 is 13.9 Å². The Morgan fingerprint density at radius 2 is 2.42 bits per heavy atom. The van der Waals surface area contributed by atoms with E-state index in [9.17, 15) is 9.18 Å². The molecule has 0 atom stereocenters. The average molecular weight is 191 g/mol. The fraction of sp³-hybridized carbons (Fsp3) is 0. The van der Waals surface area contributed by atoms with E-state index in [0.29, 0.717) is 0 Å². The van der Waals surface area contributed by atoms with Crippen molar-refractivity contribution in [2.45, 2.75) is 0 Å². The zero-order valence-electron chi connectivity index (χ0n) is 5.75. The molecule has 4 nitrogen and oxygen atoms in total. The Hall–Kier alpha value is -1.36. The number of rotatable bonds is 1. The number of hydrogen-bond donors (Lipinski definition) is 1.